The first-order chi connectivity index (χ1) is 34.5. The minimum atomic E-state index is 0.579. The van der Waals surface area contributed by atoms with Gasteiger partial charge in [-0.1, -0.05) is 181 Å². The molecule has 13 rings (SSSR count). The van der Waals surface area contributed by atoms with Crippen LogP contribution in [-0.4, -0.2) is 29.1 Å². The quantitative estimate of drug-likeness (QED) is 0.152. The van der Waals surface area contributed by atoms with Crippen molar-refractivity contribution < 1.29 is 0 Å². The third kappa shape index (κ3) is 7.04. The maximum atomic E-state index is 5.59. The fourth-order valence-electron chi connectivity index (χ4n) is 10.2. The number of benzene rings is 9. The summed E-state index contributed by atoms with van der Waals surface area (Å²) in [5.74, 6) is 1.17. The summed E-state index contributed by atoms with van der Waals surface area (Å²) < 4.78 is 4.87. The van der Waals surface area contributed by atoms with E-state index in [-0.39, 0.29) is 0 Å². The molecule has 0 fully saturated rings. The number of para-hydroxylation sites is 2. The van der Waals surface area contributed by atoms with Crippen molar-refractivity contribution in [3.63, 3.8) is 0 Å². The van der Waals surface area contributed by atoms with Gasteiger partial charge in [-0.3, -0.25) is 0 Å². The van der Waals surface area contributed by atoms with Crippen LogP contribution in [0.3, 0.4) is 0 Å². The molecule has 0 spiro atoms. The highest BCUT2D eigenvalue weighted by molar-refractivity contribution is 6.12. The second kappa shape index (κ2) is 16.8. The van der Waals surface area contributed by atoms with Gasteiger partial charge in [0.25, 0.3) is 0 Å². The van der Waals surface area contributed by atoms with Crippen LogP contribution in [0.4, 0.5) is 0 Å². The van der Waals surface area contributed by atoms with E-state index in [4.69, 9.17) is 19.9 Å². The van der Waals surface area contributed by atoms with E-state index < -0.39 is 0 Å². The van der Waals surface area contributed by atoms with E-state index in [0.29, 0.717) is 11.6 Å². The van der Waals surface area contributed by atoms with Gasteiger partial charge < -0.3 is 9.13 Å². The summed E-state index contributed by atoms with van der Waals surface area (Å²) >= 11 is 0. The van der Waals surface area contributed by atoms with Crippen LogP contribution < -0.4 is 0 Å². The molecule has 0 atom stereocenters. The molecule has 330 valence electrons. The lowest BCUT2D eigenvalue weighted by Gasteiger charge is -2.22. The monoisotopic (exact) mass is 896 g/mol. The molecule has 0 saturated carbocycles. The summed E-state index contributed by atoms with van der Waals surface area (Å²) in [6, 6.07) is 81.3. The highest BCUT2D eigenvalue weighted by Crippen LogP contribution is 2.45. The van der Waals surface area contributed by atoms with Gasteiger partial charge in [-0.15, -0.1) is 0 Å². The van der Waals surface area contributed by atoms with Gasteiger partial charge in [-0.2, -0.15) is 0 Å². The standard InChI is InChI=1S/C64H44N6/c1-41-31-33-59-50(35-41)51-36-42(2)32-34-60(51)69(59)61-38-47(63-65-53(43-19-7-3-8-20-43)39-54(66-63)44-21-9-4-10-22-44)37-52(62(61)70-57-29-17-15-27-48(57)49-28-16-18-30-58(49)70)64-67-55(45-23-11-5-12-24-45)40-56(68-64)46-25-13-6-14-26-46/h3-40H,1-2H3. The predicted molar refractivity (Wildman–Crippen MR) is 288 cm³/mol. The molecule has 0 aliphatic carbocycles. The van der Waals surface area contributed by atoms with Gasteiger partial charge in [0, 0.05) is 54.9 Å². The zero-order valence-electron chi connectivity index (χ0n) is 38.6. The van der Waals surface area contributed by atoms with Crippen LogP contribution in [0.5, 0.6) is 0 Å². The van der Waals surface area contributed by atoms with Crippen molar-refractivity contribution in [2.75, 3.05) is 0 Å². The van der Waals surface area contributed by atoms with Crippen LogP contribution >= 0.6 is 0 Å². The molecule has 0 aliphatic rings. The zero-order valence-corrected chi connectivity index (χ0v) is 38.6. The van der Waals surface area contributed by atoms with Crippen LogP contribution in [0, 0.1) is 13.8 Å². The molecule has 4 aromatic heterocycles. The second-order valence-electron chi connectivity index (χ2n) is 18.0. The minimum absolute atomic E-state index is 0.579. The Morgan fingerprint density at radius 2 is 0.657 bits per heavy atom. The molecule has 0 unspecified atom stereocenters. The Morgan fingerprint density at radius 3 is 1.09 bits per heavy atom. The Morgan fingerprint density at radius 1 is 0.286 bits per heavy atom. The highest BCUT2D eigenvalue weighted by atomic mass is 15.1. The number of fused-ring (bicyclic) bond motifs is 6. The van der Waals surface area contributed by atoms with E-state index in [1.165, 1.54) is 21.9 Å². The first-order valence-electron chi connectivity index (χ1n) is 23.7. The van der Waals surface area contributed by atoms with Crippen molar-refractivity contribution in [1.29, 1.82) is 0 Å². The van der Waals surface area contributed by atoms with Crippen molar-refractivity contribution >= 4 is 43.6 Å². The van der Waals surface area contributed by atoms with Crippen molar-refractivity contribution in [3.05, 3.63) is 242 Å². The van der Waals surface area contributed by atoms with E-state index in [1.807, 2.05) is 24.3 Å². The lowest BCUT2D eigenvalue weighted by Crippen LogP contribution is -2.09. The third-order valence-electron chi connectivity index (χ3n) is 13.4. The molecule has 0 aliphatic heterocycles. The molecule has 70 heavy (non-hydrogen) atoms. The molecule has 0 saturated heterocycles. The number of rotatable bonds is 8. The molecule has 0 N–H and O–H groups in total. The predicted octanol–water partition coefficient (Wildman–Crippen LogP) is 16.1. The Labute approximate surface area is 405 Å². The van der Waals surface area contributed by atoms with Crippen LogP contribution in [-0.2, 0) is 0 Å². The van der Waals surface area contributed by atoms with Crippen LogP contribution in [0.2, 0.25) is 0 Å². The molecular weight excluding hydrogens is 853 g/mol. The zero-order chi connectivity index (χ0) is 46.7. The summed E-state index contributed by atoms with van der Waals surface area (Å²) in [5, 5.41) is 4.67. The normalized spacial score (nSPS) is 11.6. The van der Waals surface area contributed by atoms with Crippen molar-refractivity contribution in [3.8, 4) is 79.2 Å². The van der Waals surface area contributed by atoms with E-state index in [0.717, 1.165) is 100 Å². The Bertz CT molecular complexity index is 3890. The van der Waals surface area contributed by atoms with Crippen LogP contribution in [0.25, 0.3) is 123 Å². The molecule has 4 heterocycles. The maximum absolute atomic E-state index is 5.59. The van der Waals surface area contributed by atoms with Crippen LogP contribution in [0.15, 0.2) is 231 Å². The van der Waals surface area contributed by atoms with Gasteiger partial charge in [0.15, 0.2) is 11.6 Å². The fraction of sp³-hybridized carbons (Fsp3) is 0.0312. The number of hydrogen-bond acceptors (Lipinski definition) is 4. The van der Waals surface area contributed by atoms with E-state index in [9.17, 15) is 0 Å². The largest absolute Gasteiger partial charge is 0.307 e. The fourth-order valence-corrected chi connectivity index (χ4v) is 10.2. The van der Waals surface area contributed by atoms with Gasteiger partial charge in [0.1, 0.15) is 0 Å². The van der Waals surface area contributed by atoms with Gasteiger partial charge in [-0.25, -0.2) is 19.9 Å². The summed E-state index contributed by atoms with van der Waals surface area (Å²) in [6.07, 6.45) is 0. The third-order valence-corrected chi connectivity index (χ3v) is 13.4. The average molecular weight is 897 g/mol. The lowest BCUT2D eigenvalue weighted by molar-refractivity contribution is 1.08. The van der Waals surface area contributed by atoms with Crippen molar-refractivity contribution in [2.45, 2.75) is 13.8 Å². The second-order valence-corrected chi connectivity index (χ2v) is 18.0. The maximum Gasteiger partial charge on any atom is 0.162 e. The van der Waals surface area contributed by atoms with E-state index in [1.54, 1.807) is 0 Å². The topological polar surface area (TPSA) is 61.4 Å². The molecule has 13 aromatic rings. The molecule has 6 nitrogen and oxygen atoms in total. The lowest BCUT2D eigenvalue weighted by atomic mass is 10.0. The molecular formula is C64H44N6. The number of hydrogen-bond donors (Lipinski definition) is 0. The average Bonchev–Trinajstić information content (AvgIpc) is 3.93. The smallest absolute Gasteiger partial charge is 0.162 e. The Balaban J connectivity index is 1.24. The first kappa shape index (κ1) is 41.0. The molecule has 6 heteroatoms. The number of aromatic nitrogens is 6. The van der Waals surface area contributed by atoms with Gasteiger partial charge in [0.05, 0.1) is 56.2 Å². The highest BCUT2D eigenvalue weighted by Gasteiger charge is 2.27. The van der Waals surface area contributed by atoms with Gasteiger partial charge >= 0.3 is 0 Å². The summed E-state index contributed by atoms with van der Waals surface area (Å²) in [4.78, 5) is 22.1. The SMILES string of the molecule is Cc1ccc2c(c1)c1cc(C)ccc1n2-c1cc(-c2nc(-c3ccccc3)cc(-c3ccccc3)n2)cc(-c2nc(-c3ccccc3)cc(-c3ccccc3)n2)c1-n1c2ccccc2c2ccccc21. The van der Waals surface area contributed by atoms with Gasteiger partial charge in [0.2, 0.25) is 0 Å². The van der Waals surface area contributed by atoms with E-state index >= 15 is 0 Å². The first-order valence-corrected chi connectivity index (χ1v) is 23.7. The van der Waals surface area contributed by atoms with Crippen LogP contribution in [0.1, 0.15) is 11.1 Å². The van der Waals surface area contributed by atoms with Crippen molar-refractivity contribution in [1.82, 2.24) is 29.1 Å². The van der Waals surface area contributed by atoms with Gasteiger partial charge in [-0.05, 0) is 74.5 Å². The van der Waals surface area contributed by atoms with E-state index in [2.05, 4.69) is 229 Å². The summed E-state index contributed by atoms with van der Waals surface area (Å²) in [6.45, 7) is 4.34. The Kier molecular flexibility index (Phi) is 9.84. The summed E-state index contributed by atoms with van der Waals surface area (Å²) in [5.41, 5.74) is 17.6. The molecule has 0 bridgehead atoms. The minimum Gasteiger partial charge on any atom is -0.307 e. The Hall–Kier alpha value is -9.26. The summed E-state index contributed by atoms with van der Waals surface area (Å²) in [7, 11) is 0. The molecule has 0 amide bonds. The molecule has 0 radical (unpaired) electrons. The number of aryl methyl sites for hydroxylation is 2. The number of nitrogens with zero attached hydrogens (tertiary/aromatic N) is 6. The van der Waals surface area contributed by atoms with Crippen molar-refractivity contribution in [2.24, 2.45) is 0 Å². The molecule has 9 aromatic carbocycles.